The summed E-state index contributed by atoms with van der Waals surface area (Å²) in [4.78, 5) is 25.4. The van der Waals surface area contributed by atoms with Crippen LogP contribution in [0.1, 0.15) is 15.9 Å². The zero-order chi connectivity index (χ0) is 23.1. The fraction of sp³-hybridized carbons (Fsp3) is 0.130. The Morgan fingerprint density at radius 2 is 1.53 bits per heavy atom. The van der Waals surface area contributed by atoms with Crippen LogP contribution in [0.25, 0.3) is 0 Å². The summed E-state index contributed by atoms with van der Waals surface area (Å²) in [6.45, 7) is -0.0895. The third-order valence-corrected chi connectivity index (χ3v) is 6.21. The summed E-state index contributed by atoms with van der Waals surface area (Å²) in [6, 6.07) is 22.6. The van der Waals surface area contributed by atoms with Crippen LogP contribution in [0.4, 0.5) is 11.4 Å². The van der Waals surface area contributed by atoms with Crippen molar-refractivity contribution in [2.75, 3.05) is 22.4 Å². The molecule has 32 heavy (non-hydrogen) atoms. The number of para-hydroxylation sites is 1. The molecule has 0 saturated carbocycles. The van der Waals surface area contributed by atoms with Crippen LogP contribution in [0.3, 0.4) is 0 Å². The van der Waals surface area contributed by atoms with Gasteiger partial charge in [0.1, 0.15) is 6.54 Å². The van der Waals surface area contributed by atoms with Gasteiger partial charge in [-0.25, -0.2) is 8.42 Å². The second-order valence-corrected chi connectivity index (χ2v) is 9.83. The lowest BCUT2D eigenvalue weighted by atomic mass is 10.1. The summed E-state index contributed by atoms with van der Waals surface area (Å²) in [5.41, 5.74) is 1.89. The van der Waals surface area contributed by atoms with Crippen molar-refractivity contribution in [2.24, 2.45) is 0 Å². The molecule has 0 radical (unpaired) electrons. The maximum Gasteiger partial charge on any atom is 0.253 e. The molecule has 0 saturated heterocycles. The Morgan fingerprint density at radius 1 is 0.906 bits per heavy atom. The number of sulfonamides is 1. The summed E-state index contributed by atoms with van der Waals surface area (Å²) in [5, 5.41) is 5.48. The predicted molar refractivity (Wildman–Crippen MR) is 129 cm³/mol. The smallest absolute Gasteiger partial charge is 0.253 e. The maximum atomic E-state index is 12.7. The highest BCUT2D eigenvalue weighted by molar-refractivity contribution is 9.10. The zero-order valence-electron chi connectivity index (χ0n) is 17.3. The Balaban J connectivity index is 1.73. The minimum absolute atomic E-state index is 0.284. The minimum atomic E-state index is -3.71. The molecule has 9 heteroatoms. The summed E-state index contributed by atoms with van der Waals surface area (Å²) in [7, 11) is -3.71. The Morgan fingerprint density at radius 3 is 2.19 bits per heavy atom. The van der Waals surface area contributed by atoms with Crippen molar-refractivity contribution < 1.29 is 18.0 Å². The maximum absolute atomic E-state index is 12.7. The van der Waals surface area contributed by atoms with E-state index >= 15 is 0 Å². The van der Waals surface area contributed by atoms with Gasteiger partial charge in [0.15, 0.2) is 0 Å². The molecule has 2 N–H and O–H groups in total. The molecule has 7 nitrogen and oxygen atoms in total. The topological polar surface area (TPSA) is 95.6 Å². The number of carbonyl (C=O) groups is 2. The highest BCUT2D eigenvalue weighted by atomic mass is 79.9. The highest BCUT2D eigenvalue weighted by Crippen LogP contribution is 2.21. The lowest BCUT2D eigenvalue weighted by Crippen LogP contribution is -2.37. The first-order chi connectivity index (χ1) is 15.2. The van der Waals surface area contributed by atoms with Crippen LogP contribution in [-0.4, -0.2) is 33.0 Å². The van der Waals surface area contributed by atoms with Gasteiger partial charge >= 0.3 is 0 Å². The van der Waals surface area contributed by atoms with Crippen molar-refractivity contribution in [3.8, 4) is 0 Å². The number of halogens is 1. The number of rotatable bonds is 8. The molecular weight excluding hydrogens is 494 g/mol. The van der Waals surface area contributed by atoms with E-state index in [4.69, 9.17) is 0 Å². The molecule has 0 aromatic heterocycles. The molecule has 0 atom stereocenters. The summed E-state index contributed by atoms with van der Waals surface area (Å²) >= 11 is 3.30. The van der Waals surface area contributed by atoms with Gasteiger partial charge in [-0.05, 0) is 42.0 Å². The molecule has 0 aliphatic rings. The monoisotopic (exact) mass is 515 g/mol. The van der Waals surface area contributed by atoms with Gasteiger partial charge in [0.2, 0.25) is 15.9 Å². The fourth-order valence-corrected chi connectivity index (χ4v) is 4.11. The van der Waals surface area contributed by atoms with Gasteiger partial charge in [-0.3, -0.25) is 13.9 Å². The number of anilines is 2. The largest absolute Gasteiger partial charge is 0.348 e. The molecule has 0 aliphatic carbocycles. The quantitative estimate of drug-likeness (QED) is 0.477. The SMILES string of the molecule is CS(=O)(=O)N(CC(=O)Nc1ccccc1C(=O)NCc1ccccc1)c1ccc(Br)cc1. The Labute approximate surface area is 195 Å². The highest BCUT2D eigenvalue weighted by Gasteiger charge is 2.22. The number of hydrogen-bond acceptors (Lipinski definition) is 4. The van der Waals surface area contributed by atoms with Gasteiger partial charge < -0.3 is 10.6 Å². The van der Waals surface area contributed by atoms with E-state index in [1.807, 2.05) is 30.3 Å². The van der Waals surface area contributed by atoms with Crippen molar-refractivity contribution in [3.63, 3.8) is 0 Å². The molecule has 166 valence electrons. The Kier molecular flexibility index (Phi) is 7.66. The zero-order valence-corrected chi connectivity index (χ0v) is 19.7. The minimum Gasteiger partial charge on any atom is -0.348 e. The normalized spacial score (nSPS) is 10.9. The molecule has 3 aromatic carbocycles. The summed E-state index contributed by atoms with van der Waals surface area (Å²) < 4.78 is 26.3. The van der Waals surface area contributed by atoms with Gasteiger partial charge in [0.25, 0.3) is 5.91 Å². The van der Waals surface area contributed by atoms with Crippen LogP contribution in [0.15, 0.2) is 83.3 Å². The Bertz CT molecular complexity index is 1200. The molecular formula is C23H22BrN3O4S. The average molecular weight is 516 g/mol. The van der Waals surface area contributed by atoms with Crippen LogP contribution in [-0.2, 0) is 21.4 Å². The lowest BCUT2D eigenvalue weighted by molar-refractivity contribution is -0.114. The van der Waals surface area contributed by atoms with Crippen LogP contribution < -0.4 is 14.9 Å². The summed E-state index contributed by atoms with van der Waals surface area (Å²) in [6.07, 6.45) is 1.04. The van der Waals surface area contributed by atoms with Crippen molar-refractivity contribution in [1.29, 1.82) is 0 Å². The molecule has 0 heterocycles. The van der Waals surface area contributed by atoms with E-state index in [1.165, 1.54) is 0 Å². The number of amides is 2. The number of nitrogens with zero attached hydrogens (tertiary/aromatic N) is 1. The van der Waals surface area contributed by atoms with Crippen LogP contribution in [0, 0.1) is 0 Å². The van der Waals surface area contributed by atoms with Crippen molar-refractivity contribution >= 4 is 49.1 Å². The van der Waals surface area contributed by atoms with Crippen LogP contribution in [0.5, 0.6) is 0 Å². The van der Waals surface area contributed by atoms with Gasteiger partial charge in [0.05, 0.1) is 23.2 Å². The van der Waals surface area contributed by atoms with E-state index in [-0.39, 0.29) is 11.5 Å². The van der Waals surface area contributed by atoms with E-state index in [0.29, 0.717) is 17.9 Å². The molecule has 0 fully saturated rings. The third kappa shape index (κ3) is 6.41. The fourth-order valence-electron chi connectivity index (χ4n) is 2.99. The number of carbonyl (C=O) groups excluding carboxylic acids is 2. The molecule has 0 bridgehead atoms. The van der Waals surface area contributed by atoms with E-state index in [9.17, 15) is 18.0 Å². The first-order valence-corrected chi connectivity index (χ1v) is 12.3. The average Bonchev–Trinajstić information content (AvgIpc) is 2.77. The van der Waals surface area contributed by atoms with Gasteiger partial charge in [-0.2, -0.15) is 0 Å². The van der Waals surface area contributed by atoms with E-state index in [1.54, 1.807) is 48.5 Å². The lowest BCUT2D eigenvalue weighted by Gasteiger charge is -2.22. The van der Waals surface area contributed by atoms with Gasteiger partial charge in [0, 0.05) is 11.0 Å². The number of benzene rings is 3. The molecule has 0 aliphatic heterocycles. The standard InChI is InChI=1S/C23H22BrN3O4S/c1-32(30,31)27(19-13-11-18(24)12-14-19)16-22(28)26-21-10-6-5-9-20(21)23(29)25-15-17-7-3-2-4-8-17/h2-14H,15-16H2,1H3,(H,25,29)(H,26,28). The van der Waals surface area contributed by atoms with Gasteiger partial charge in [-0.15, -0.1) is 0 Å². The molecule has 0 spiro atoms. The van der Waals surface area contributed by atoms with E-state index in [2.05, 4.69) is 26.6 Å². The molecule has 3 rings (SSSR count). The molecule has 2 amide bonds. The summed E-state index contributed by atoms with van der Waals surface area (Å²) in [5.74, 6) is -0.917. The molecule has 0 unspecified atom stereocenters. The Hall–Kier alpha value is -3.17. The van der Waals surface area contributed by atoms with Crippen molar-refractivity contribution in [1.82, 2.24) is 5.32 Å². The first-order valence-electron chi connectivity index (χ1n) is 9.68. The third-order valence-electron chi connectivity index (χ3n) is 4.54. The second kappa shape index (κ2) is 10.4. The first kappa shape index (κ1) is 23.5. The second-order valence-electron chi connectivity index (χ2n) is 7.01. The number of nitrogens with one attached hydrogen (secondary N) is 2. The molecule has 3 aromatic rings. The van der Waals surface area contributed by atoms with E-state index < -0.39 is 22.5 Å². The van der Waals surface area contributed by atoms with Crippen LogP contribution >= 0.6 is 15.9 Å². The van der Waals surface area contributed by atoms with Gasteiger partial charge in [-0.1, -0.05) is 58.4 Å². The predicted octanol–water partition coefficient (Wildman–Crippen LogP) is 3.78. The van der Waals surface area contributed by atoms with Crippen LogP contribution in [0.2, 0.25) is 0 Å². The number of hydrogen-bond donors (Lipinski definition) is 2. The van der Waals surface area contributed by atoms with Crippen molar-refractivity contribution in [2.45, 2.75) is 6.54 Å². The van der Waals surface area contributed by atoms with E-state index in [0.717, 1.165) is 20.6 Å². The van der Waals surface area contributed by atoms with Crippen molar-refractivity contribution in [3.05, 3.63) is 94.5 Å².